The molecule has 0 N–H and O–H groups in total. The van der Waals surface area contributed by atoms with Crippen LogP contribution in [0.1, 0.15) is 81.1 Å². The zero-order valence-corrected chi connectivity index (χ0v) is 17.1. The third-order valence-electron chi connectivity index (χ3n) is 5.17. The molecular formula is C20H38N2O2. The summed E-state index contributed by atoms with van der Waals surface area (Å²) in [6.07, 6.45) is 4.43. The lowest BCUT2D eigenvalue weighted by atomic mass is 10.0. The minimum Gasteiger partial charge on any atom is -0.298 e. The SMILES string of the molecule is CC(=O)C1CCCN1C(C)(C)C.CC(=O)C1CCCN1C(C)(C)C. The van der Waals surface area contributed by atoms with E-state index in [1.807, 2.05) is 0 Å². The molecule has 0 radical (unpaired) electrons. The van der Waals surface area contributed by atoms with Gasteiger partial charge >= 0.3 is 0 Å². The van der Waals surface area contributed by atoms with Crippen LogP contribution in [-0.2, 0) is 9.59 Å². The number of rotatable bonds is 2. The highest BCUT2D eigenvalue weighted by molar-refractivity contribution is 5.82. The van der Waals surface area contributed by atoms with Crippen molar-refractivity contribution in [3.05, 3.63) is 0 Å². The summed E-state index contributed by atoms with van der Waals surface area (Å²) in [6.45, 7) is 18.6. The summed E-state index contributed by atoms with van der Waals surface area (Å²) in [6, 6.07) is 0.370. The number of likely N-dealkylation sites (tertiary alicyclic amines) is 2. The van der Waals surface area contributed by atoms with Gasteiger partial charge in [0.15, 0.2) is 0 Å². The molecule has 2 rings (SSSR count). The summed E-state index contributed by atoms with van der Waals surface area (Å²) in [5.41, 5.74) is 0.291. The summed E-state index contributed by atoms with van der Waals surface area (Å²) in [5.74, 6) is 0.643. The molecule has 24 heavy (non-hydrogen) atoms. The predicted molar refractivity (Wildman–Crippen MR) is 100 cm³/mol. The summed E-state index contributed by atoms with van der Waals surface area (Å²) in [7, 11) is 0. The summed E-state index contributed by atoms with van der Waals surface area (Å²) >= 11 is 0. The lowest BCUT2D eigenvalue weighted by Gasteiger charge is -2.35. The number of hydrogen-bond donors (Lipinski definition) is 0. The van der Waals surface area contributed by atoms with Crippen LogP contribution in [0, 0.1) is 0 Å². The van der Waals surface area contributed by atoms with Crippen LogP contribution in [0.5, 0.6) is 0 Å². The molecule has 2 heterocycles. The first-order chi connectivity index (χ1) is 10.9. The number of hydrogen-bond acceptors (Lipinski definition) is 4. The Morgan fingerprint density at radius 3 is 1.17 bits per heavy atom. The summed E-state index contributed by atoms with van der Waals surface area (Å²) < 4.78 is 0. The maximum absolute atomic E-state index is 11.3. The molecule has 0 aromatic rings. The van der Waals surface area contributed by atoms with Gasteiger partial charge < -0.3 is 0 Å². The molecule has 2 unspecified atom stereocenters. The van der Waals surface area contributed by atoms with Gasteiger partial charge in [-0.3, -0.25) is 19.4 Å². The van der Waals surface area contributed by atoms with Crippen LogP contribution in [0.4, 0.5) is 0 Å². The van der Waals surface area contributed by atoms with E-state index in [0.717, 1.165) is 25.9 Å². The quantitative estimate of drug-likeness (QED) is 0.770. The van der Waals surface area contributed by atoms with Crippen molar-refractivity contribution in [3.63, 3.8) is 0 Å². The number of carbonyl (C=O) groups is 2. The normalized spacial score (nSPS) is 26.2. The van der Waals surface area contributed by atoms with Gasteiger partial charge in [0.25, 0.3) is 0 Å². The molecular weight excluding hydrogens is 300 g/mol. The largest absolute Gasteiger partial charge is 0.298 e. The molecule has 0 amide bonds. The molecule has 2 saturated heterocycles. The molecule has 0 spiro atoms. The minimum atomic E-state index is 0.146. The molecule has 140 valence electrons. The second-order valence-electron chi connectivity index (χ2n) is 9.27. The number of nitrogens with zero attached hydrogens (tertiary/aromatic N) is 2. The highest BCUT2D eigenvalue weighted by atomic mass is 16.1. The van der Waals surface area contributed by atoms with Gasteiger partial charge in [-0.1, -0.05) is 0 Å². The van der Waals surface area contributed by atoms with E-state index in [4.69, 9.17) is 0 Å². The van der Waals surface area contributed by atoms with Gasteiger partial charge in [-0.25, -0.2) is 0 Å². The van der Waals surface area contributed by atoms with Gasteiger partial charge in [0.2, 0.25) is 0 Å². The van der Waals surface area contributed by atoms with E-state index >= 15 is 0 Å². The first-order valence-electron chi connectivity index (χ1n) is 9.40. The monoisotopic (exact) mass is 338 g/mol. The van der Waals surface area contributed by atoms with E-state index in [1.54, 1.807) is 13.8 Å². The second kappa shape index (κ2) is 8.09. The molecule has 0 saturated carbocycles. The van der Waals surface area contributed by atoms with Crippen molar-refractivity contribution in [2.45, 2.75) is 104 Å². The van der Waals surface area contributed by atoms with Crippen LogP contribution < -0.4 is 0 Å². The molecule has 4 nitrogen and oxygen atoms in total. The molecule has 0 aromatic carbocycles. The lowest BCUT2D eigenvalue weighted by Crippen LogP contribution is -2.47. The molecule has 2 aliphatic heterocycles. The Morgan fingerprint density at radius 2 is 1.00 bits per heavy atom. The predicted octanol–water partition coefficient (Wildman–Crippen LogP) is 3.68. The van der Waals surface area contributed by atoms with Crippen molar-refractivity contribution in [2.75, 3.05) is 13.1 Å². The molecule has 0 aliphatic carbocycles. The van der Waals surface area contributed by atoms with Gasteiger partial charge in [0.1, 0.15) is 11.6 Å². The Hall–Kier alpha value is -0.740. The highest BCUT2D eigenvalue weighted by Crippen LogP contribution is 2.27. The topological polar surface area (TPSA) is 40.6 Å². The smallest absolute Gasteiger partial charge is 0.146 e. The molecule has 4 heteroatoms. The number of Topliss-reactive ketones (excluding diaryl/α,β-unsaturated/α-hetero) is 2. The number of ketones is 2. The van der Waals surface area contributed by atoms with Crippen LogP contribution in [0.2, 0.25) is 0 Å². The van der Waals surface area contributed by atoms with Crippen molar-refractivity contribution in [3.8, 4) is 0 Å². The van der Waals surface area contributed by atoms with E-state index < -0.39 is 0 Å². The summed E-state index contributed by atoms with van der Waals surface area (Å²) in [4.78, 5) is 27.2. The maximum Gasteiger partial charge on any atom is 0.146 e. The van der Waals surface area contributed by atoms with E-state index in [1.165, 1.54) is 12.8 Å². The average Bonchev–Trinajstić information content (AvgIpc) is 3.07. The molecule has 0 bridgehead atoms. The van der Waals surface area contributed by atoms with Crippen LogP contribution in [-0.4, -0.2) is 57.6 Å². The van der Waals surface area contributed by atoms with Gasteiger partial charge in [-0.15, -0.1) is 0 Å². The molecule has 2 atom stereocenters. The summed E-state index contributed by atoms with van der Waals surface area (Å²) in [5, 5.41) is 0. The second-order valence-corrected chi connectivity index (χ2v) is 9.27. The zero-order chi connectivity index (χ0) is 18.7. The number of carbonyl (C=O) groups excluding carboxylic acids is 2. The first-order valence-corrected chi connectivity index (χ1v) is 9.40. The third kappa shape index (κ3) is 5.66. The maximum atomic E-state index is 11.3. The minimum absolute atomic E-state index is 0.146. The van der Waals surface area contributed by atoms with Crippen molar-refractivity contribution in [1.29, 1.82) is 0 Å². The Labute approximate surface area is 149 Å². The van der Waals surface area contributed by atoms with Gasteiger partial charge in [0, 0.05) is 11.1 Å². The zero-order valence-electron chi connectivity index (χ0n) is 17.1. The standard InChI is InChI=1S/2C10H19NO/c2*1-8(12)9-6-5-7-11(9)10(2,3)4/h2*9H,5-7H2,1-4H3. The highest BCUT2D eigenvalue weighted by Gasteiger charge is 2.35. The van der Waals surface area contributed by atoms with Gasteiger partial charge in [-0.05, 0) is 94.2 Å². The van der Waals surface area contributed by atoms with Crippen molar-refractivity contribution in [2.24, 2.45) is 0 Å². The van der Waals surface area contributed by atoms with Crippen LogP contribution in [0.15, 0.2) is 0 Å². The van der Waals surface area contributed by atoms with Crippen molar-refractivity contribution < 1.29 is 9.59 Å². The Kier molecular flexibility index (Phi) is 7.18. The van der Waals surface area contributed by atoms with Crippen molar-refractivity contribution >= 4 is 11.6 Å². The molecule has 2 aliphatic rings. The lowest BCUT2D eigenvalue weighted by molar-refractivity contribution is -0.123. The van der Waals surface area contributed by atoms with Crippen molar-refractivity contribution in [1.82, 2.24) is 9.80 Å². The van der Waals surface area contributed by atoms with E-state index in [9.17, 15) is 9.59 Å². The fourth-order valence-electron chi connectivity index (χ4n) is 3.98. The van der Waals surface area contributed by atoms with Crippen LogP contribution in [0.25, 0.3) is 0 Å². The molecule has 2 fully saturated rings. The fourth-order valence-corrected chi connectivity index (χ4v) is 3.98. The fraction of sp³-hybridized carbons (Fsp3) is 0.900. The van der Waals surface area contributed by atoms with E-state index in [-0.39, 0.29) is 23.2 Å². The molecule has 0 aromatic heterocycles. The van der Waals surface area contributed by atoms with Crippen LogP contribution in [0.3, 0.4) is 0 Å². The third-order valence-corrected chi connectivity index (χ3v) is 5.17. The Morgan fingerprint density at radius 1 is 0.708 bits per heavy atom. The average molecular weight is 339 g/mol. The first kappa shape index (κ1) is 21.3. The van der Waals surface area contributed by atoms with Gasteiger partial charge in [-0.2, -0.15) is 0 Å². The Bertz CT molecular complexity index is 404. The Balaban J connectivity index is 0.000000240. The van der Waals surface area contributed by atoms with Crippen LogP contribution >= 0.6 is 0 Å². The van der Waals surface area contributed by atoms with E-state index in [2.05, 4.69) is 51.3 Å². The van der Waals surface area contributed by atoms with Gasteiger partial charge in [0.05, 0.1) is 12.1 Å². The van der Waals surface area contributed by atoms with E-state index in [0.29, 0.717) is 11.6 Å².